The number of rotatable bonds is 13. The van der Waals surface area contributed by atoms with E-state index >= 15 is 0 Å². The largest absolute Gasteiger partial charge is 0.496 e. The van der Waals surface area contributed by atoms with Crippen LogP contribution in [0.1, 0.15) is 37.5 Å². The van der Waals surface area contributed by atoms with Gasteiger partial charge in [0.2, 0.25) is 0 Å². The van der Waals surface area contributed by atoms with Gasteiger partial charge in [-0.1, -0.05) is 56.3 Å². The lowest BCUT2D eigenvalue weighted by Crippen LogP contribution is -2.29. The molecular formula is C33H39N5O5. The number of anilines is 2. The van der Waals surface area contributed by atoms with Gasteiger partial charge in [-0.25, -0.2) is 14.6 Å². The molecule has 43 heavy (non-hydrogen) atoms. The van der Waals surface area contributed by atoms with Crippen molar-refractivity contribution in [2.75, 3.05) is 37.9 Å². The first kappa shape index (κ1) is 31.1. The van der Waals surface area contributed by atoms with E-state index in [1.165, 1.54) is 6.39 Å². The number of carbonyl (C=O) groups excluding carboxylic acids is 2. The first-order chi connectivity index (χ1) is 20.8. The molecule has 0 spiro atoms. The zero-order valence-electron chi connectivity index (χ0n) is 25.0. The third-order valence-electron chi connectivity index (χ3n) is 6.65. The molecule has 4 rings (SSSR count). The highest BCUT2D eigenvalue weighted by atomic mass is 16.6. The Balaban J connectivity index is 1.31. The standard InChI is InChI=1S/C33H39N5O5/c1-23(2)21-38(3)16-15-29(25-10-6-5-7-11-25)43-33(40)35-19-24-9-8-12-26(17-24)36-32(39)37-27-13-14-28(30(18-27)41-4)31-20-34-22-42-31/h5-14,17-18,20,22-23,29H,15-16,19,21H2,1-4H3,(H,35,40)(H2,36,37,39). The second-order valence-corrected chi connectivity index (χ2v) is 10.7. The Hall–Kier alpha value is -4.83. The van der Waals surface area contributed by atoms with Crippen molar-refractivity contribution < 1.29 is 23.5 Å². The zero-order chi connectivity index (χ0) is 30.6. The third-order valence-corrected chi connectivity index (χ3v) is 6.65. The summed E-state index contributed by atoms with van der Waals surface area (Å²) in [4.78, 5) is 31.7. The SMILES string of the molecule is COc1cc(NC(=O)Nc2cccc(CNC(=O)OC(CCN(C)CC(C)C)c3ccccc3)c2)ccc1-c1cnco1. The van der Waals surface area contributed by atoms with E-state index in [0.29, 0.717) is 35.2 Å². The summed E-state index contributed by atoms with van der Waals surface area (Å²) in [6.45, 7) is 6.39. The Morgan fingerprint density at radius 3 is 2.44 bits per heavy atom. The predicted molar refractivity (Wildman–Crippen MR) is 167 cm³/mol. The number of urea groups is 1. The molecule has 4 aromatic rings. The molecule has 0 saturated heterocycles. The molecule has 0 aliphatic carbocycles. The molecule has 0 fully saturated rings. The Bertz CT molecular complexity index is 1460. The van der Waals surface area contributed by atoms with Gasteiger partial charge < -0.3 is 34.7 Å². The Labute approximate surface area is 252 Å². The molecule has 1 atom stereocenters. The van der Waals surface area contributed by atoms with Crippen molar-refractivity contribution >= 4 is 23.5 Å². The molecule has 10 nitrogen and oxygen atoms in total. The van der Waals surface area contributed by atoms with E-state index in [-0.39, 0.29) is 12.6 Å². The molecule has 1 aromatic heterocycles. The van der Waals surface area contributed by atoms with Crippen LogP contribution in [0.15, 0.2) is 89.8 Å². The molecule has 10 heteroatoms. The van der Waals surface area contributed by atoms with Gasteiger partial charge in [0.15, 0.2) is 12.2 Å². The Morgan fingerprint density at radius 2 is 1.74 bits per heavy atom. The molecule has 0 radical (unpaired) electrons. The average molecular weight is 586 g/mol. The van der Waals surface area contributed by atoms with Crippen LogP contribution in [0.25, 0.3) is 11.3 Å². The topological polar surface area (TPSA) is 118 Å². The maximum absolute atomic E-state index is 12.8. The first-order valence-electron chi connectivity index (χ1n) is 14.2. The molecular weight excluding hydrogens is 546 g/mol. The van der Waals surface area contributed by atoms with Crippen LogP contribution < -0.4 is 20.7 Å². The van der Waals surface area contributed by atoms with Crippen LogP contribution in [0, 0.1) is 5.92 Å². The number of oxazole rings is 1. The van der Waals surface area contributed by atoms with Crippen LogP contribution in [-0.4, -0.2) is 49.3 Å². The van der Waals surface area contributed by atoms with Gasteiger partial charge >= 0.3 is 12.1 Å². The van der Waals surface area contributed by atoms with Crippen LogP contribution in [-0.2, 0) is 11.3 Å². The molecule has 0 aliphatic heterocycles. The number of alkyl carbamates (subject to hydrolysis) is 1. The number of hydrogen-bond donors (Lipinski definition) is 3. The average Bonchev–Trinajstić information content (AvgIpc) is 3.53. The highest BCUT2D eigenvalue weighted by molar-refractivity contribution is 6.00. The number of carbonyl (C=O) groups is 2. The van der Waals surface area contributed by atoms with E-state index in [0.717, 1.165) is 29.8 Å². The number of ether oxygens (including phenoxy) is 2. The summed E-state index contributed by atoms with van der Waals surface area (Å²) in [6, 6.07) is 21.8. The Morgan fingerprint density at radius 1 is 0.977 bits per heavy atom. The molecule has 0 bridgehead atoms. The van der Waals surface area contributed by atoms with Gasteiger partial charge in [-0.15, -0.1) is 0 Å². The lowest BCUT2D eigenvalue weighted by molar-refractivity contribution is 0.0848. The molecule has 3 amide bonds. The molecule has 0 saturated carbocycles. The van der Waals surface area contributed by atoms with Gasteiger partial charge in [0.1, 0.15) is 11.9 Å². The minimum absolute atomic E-state index is 0.241. The summed E-state index contributed by atoms with van der Waals surface area (Å²) in [5, 5.41) is 8.47. The summed E-state index contributed by atoms with van der Waals surface area (Å²) in [5.74, 6) is 1.65. The predicted octanol–water partition coefficient (Wildman–Crippen LogP) is 6.94. The van der Waals surface area contributed by atoms with Gasteiger partial charge in [-0.05, 0) is 48.4 Å². The quantitative estimate of drug-likeness (QED) is 0.156. The monoisotopic (exact) mass is 585 g/mol. The molecule has 3 aromatic carbocycles. The molecule has 3 N–H and O–H groups in total. The summed E-state index contributed by atoms with van der Waals surface area (Å²) in [6.07, 6.45) is 2.75. The molecule has 1 unspecified atom stereocenters. The van der Waals surface area contributed by atoms with E-state index < -0.39 is 12.1 Å². The smallest absolute Gasteiger partial charge is 0.408 e. The molecule has 1 heterocycles. The number of amides is 3. The summed E-state index contributed by atoms with van der Waals surface area (Å²) < 4.78 is 16.7. The van der Waals surface area contributed by atoms with Crippen LogP contribution >= 0.6 is 0 Å². The minimum Gasteiger partial charge on any atom is -0.496 e. The fourth-order valence-electron chi connectivity index (χ4n) is 4.73. The van der Waals surface area contributed by atoms with Crippen molar-refractivity contribution in [3.63, 3.8) is 0 Å². The summed E-state index contributed by atoms with van der Waals surface area (Å²) in [7, 11) is 3.62. The van der Waals surface area contributed by atoms with Crippen molar-refractivity contribution in [3.8, 4) is 17.1 Å². The normalized spacial score (nSPS) is 11.7. The third kappa shape index (κ3) is 9.61. The van der Waals surface area contributed by atoms with Crippen molar-refractivity contribution in [1.29, 1.82) is 0 Å². The highest BCUT2D eigenvalue weighted by Crippen LogP contribution is 2.32. The Kier molecular flexibility index (Phi) is 11.2. The van der Waals surface area contributed by atoms with E-state index in [4.69, 9.17) is 13.9 Å². The van der Waals surface area contributed by atoms with E-state index in [1.54, 1.807) is 43.6 Å². The van der Waals surface area contributed by atoms with Gasteiger partial charge in [-0.3, -0.25) is 0 Å². The summed E-state index contributed by atoms with van der Waals surface area (Å²) >= 11 is 0. The first-order valence-corrected chi connectivity index (χ1v) is 14.2. The number of benzene rings is 3. The fraction of sp³-hybridized carbons (Fsp3) is 0.303. The number of aromatic nitrogens is 1. The van der Waals surface area contributed by atoms with Gasteiger partial charge in [0, 0.05) is 43.5 Å². The number of nitrogens with zero attached hydrogens (tertiary/aromatic N) is 2. The molecule has 0 aliphatic rings. The van der Waals surface area contributed by atoms with E-state index in [9.17, 15) is 9.59 Å². The van der Waals surface area contributed by atoms with E-state index in [1.807, 2.05) is 42.5 Å². The number of hydrogen-bond acceptors (Lipinski definition) is 7. The van der Waals surface area contributed by atoms with Crippen molar-refractivity contribution in [2.45, 2.75) is 32.9 Å². The minimum atomic E-state index is -0.501. The van der Waals surface area contributed by atoms with Crippen LogP contribution in [0.3, 0.4) is 0 Å². The van der Waals surface area contributed by atoms with Crippen LogP contribution in [0.2, 0.25) is 0 Å². The van der Waals surface area contributed by atoms with Gasteiger partial charge in [-0.2, -0.15) is 0 Å². The lowest BCUT2D eigenvalue weighted by Gasteiger charge is -2.23. The van der Waals surface area contributed by atoms with Crippen LogP contribution in [0.4, 0.5) is 21.0 Å². The maximum atomic E-state index is 12.8. The number of nitrogens with one attached hydrogen (secondary N) is 3. The molecule has 226 valence electrons. The van der Waals surface area contributed by atoms with Crippen LogP contribution in [0.5, 0.6) is 5.75 Å². The number of methoxy groups -OCH3 is 1. The lowest BCUT2D eigenvalue weighted by atomic mass is 10.1. The van der Waals surface area contributed by atoms with Gasteiger partial charge in [0.25, 0.3) is 0 Å². The second-order valence-electron chi connectivity index (χ2n) is 10.7. The van der Waals surface area contributed by atoms with Crippen molar-refractivity contribution in [3.05, 3.63) is 96.5 Å². The highest BCUT2D eigenvalue weighted by Gasteiger charge is 2.18. The van der Waals surface area contributed by atoms with E-state index in [2.05, 4.69) is 46.7 Å². The maximum Gasteiger partial charge on any atom is 0.408 e. The van der Waals surface area contributed by atoms with Gasteiger partial charge in [0.05, 0.1) is 18.9 Å². The summed E-state index contributed by atoms with van der Waals surface area (Å²) in [5.41, 5.74) is 3.60. The zero-order valence-corrected chi connectivity index (χ0v) is 25.0. The fourth-order valence-corrected chi connectivity index (χ4v) is 4.73. The van der Waals surface area contributed by atoms with Crippen molar-refractivity contribution in [1.82, 2.24) is 15.2 Å². The second kappa shape index (κ2) is 15.4. The van der Waals surface area contributed by atoms with Crippen molar-refractivity contribution in [2.24, 2.45) is 5.92 Å².